The molecule has 0 atom stereocenters. The second kappa shape index (κ2) is 6.43. The quantitative estimate of drug-likeness (QED) is 0.446. The van der Waals surface area contributed by atoms with Gasteiger partial charge in [0.1, 0.15) is 11.5 Å². The number of ether oxygens (including phenoxy) is 1. The van der Waals surface area contributed by atoms with Gasteiger partial charge in [-0.15, -0.1) is 0 Å². The van der Waals surface area contributed by atoms with Crippen molar-refractivity contribution in [3.63, 3.8) is 0 Å². The van der Waals surface area contributed by atoms with Crippen LogP contribution in [0.2, 0.25) is 10.0 Å². The van der Waals surface area contributed by atoms with E-state index in [1.165, 1.54) is 6.20 Å². The van der Waals surface area contributed by atoms with E-state index in [4.69, 9.17) is 33.3 Å². The van der Waals surface area contributed by atoms with Gasteiger partial charge in [-0.1, -0.05) is 35.8 Å². The van der Waals surface area contributed by atoms with Crippen LogP contribution in [0.4, 0.5) is 5.69 Å². The Morgan fingerprint density at radius 1 is 1.43 bits per heavy atom. The lowest BCUT2D eigenvalue weighted by Gasteiger charge is -2.09. The normalized spacial score (nSPS) is 10.0. The summed E-state index contributed by atoms with van der Waals surface area (Å²) in [7, 11) is 0. The van der Waals surface area contributed by atoms with Crippen LogP contribution in [-0.2, 0) is 4.74 Å². The molecular weight excluding hydrogens is 315 g/mol. The van der Waals surface area contributed by atoms with Crippen molar-refractivity contribution in [2.75, 3.05) is 5.32 Å². The van der Waals surface area contributed by atoms with E-state index in [0.29, 0.717) is 11.4 Å². The lowest BCUT2D eigenvalue weighted by atomic mass is 10.2. The van der Waals surface area contributed by atoms with E-state index in [2.05, 4.69) is 22.1 Å². The lowest BCUT2D eigenvalue weighted by molar-refractivity contribution is 0.102. The number of H-pyrrole nitrogens is 1. The van der Waals surface area contributed by atoms with Crippen molar-refractivity contribution in [1.82, 2.24) is 10.2 Å². The van der Waals surface area contributed by atoms with Crippen molar-refractivity contribution in [2.24, 2.45) is 0 Å². The fraction of sp³-hybridized carbons (Fsp3) is 0. The van der Waals surface area contributed by atoms with Crippen molar-refractivity contribution in [1.29, 1.82) is 5.41 Å². The minimum absolute atomic E-state index is 0.142. The van der Waals surface area contributed by atoms with Gasteiger partial charge in [0.25, 0.3) is 5.91 Å². The SMILES string of the molecule is C=C(OC=N)c1[nH]ncc1NC(=O)c1c(Cl)cccc1Cl. The molecule has 0 aliphatic rings. The first kappa shape index (κ1) is 15.1. The highest BCUT2D eigenvalue weighted by atomic mass is 35.5. The van der Waals surface area contributed by atoms with Crippen LogP contribution in [-0.4, -0.2) is 22.5 Å². The summed E-state index contributed by atoms with van der Waals surface area (Å²) in [5.41, 5.74) is 0.837. The molecule has 0 unspecified atom stereocenters. The van der Waals surface area contributed by atoms with Crippen LogP contribution in [0.3, 0.4) is 0 Å². The zero-order valence-electron chi connectivity index (χ0n) is 10.6. The molecule has 1 heterocycles. The van der Waals surface area contributed by atoms with Crippen LogP contribution in [0, 0.1) is 5.41 Å². The number of anilines is 1. The first-order valence-electron chi connectivity index (χ1n) is 5.68. The fourth-order valence-electron chi connectivity index (χ4n) is 1.62. The number of hydrogen-bond acceptors (Lipinski definition) is 4. The van der Waals surface area contributed by atoms with Crippen LogP contribution < -0.4 is 5.32 Å². The lowest BCUT2D eigenvalue weighted by Crippen LogP contribution is -2.14. The minimum atomic E-state index is -0.490. The van der Waals surface area contributed by atoms with Gasteiger partial charge >= 0.3 is 0 Å². The number of amides is 1. The predicted octanol–water partition coefficient (Wildman–Crippen LogP) is 3.56. The van der Waals surface area contributed by atoms with Crippen LogP contribution >= 0.6 is 23.2 Å². The molecular formula is C13H10Cl2N4O2. The van der Waals surface area contributed by atoms with Crippen molar-refractivity contribution in [2.45, 2.75) is 0 Å². The number of nitrogens with one attached hydrogen (secondary N) is 3. The monoisotopic (exact) mass is 324 g/mol. The molecule has 0 aliphatic heterocycles. The Labute approximate surface area is 130 Å². The number of aromatic amines is 1. The molecule has 0 saturated heterocycles. The second-order valence-corrected chi connectivity index (χ2v) is 4.68. The number of halogens is 2. The van der Waals surface area contributed by atoms with Gasteiger partial charge in [-0.05, 0) is 12.1 Å². The second-order valence-electron chi connectivity index (χ2n) is 3.87. The molecule has 108 valence electrons. The molecule has 0 aliphatic carbocycles. The summed E-state index contributed by atoms with van der Waals surface area (Å²) in [4.78, 5) is 12.2. The van der Waals surface area contributed by atoms with E-state index >= 15 is 0 Å². The molecule has 0 fully saturated rings. The zero-order chi connectivity index (χ0) is 15.4. The van der Waals surface area contributed by atoms with Crippen molar-refractivity contribution < 1.29 is 9.53 Å². The van der Waals surface area contributed by atoms with E-state index in [-0.39, 0.29) is 21.4 Å². The first-order chi connectivity index (χ1) is 10.0. The van der Waals surface area contributed by atoms with Gasteiger partial charge in [-0.25, -0.2) is 0 Å². The third-order valence-electron chi connectivity index (χ3n) is 2.56. The van der Waals surface area contributed by atoms with Crippen LogP contribution in [0.15, 0.2) is 31.0 Å². The molecule has 2 rings (SSSR count). The average molecular weight is 325 g/mol. The molecule has 2 aromatic rings. The van der Waals surface area contributed by atoms with Gasteiger partial charge in [-0.3, -0.25) is 15.3 Å². The topological polar surface area (TPSA) is 90.9 Å². The summed E-state index contributed by atoms with van der Waals surface area (Å²) >= 11 is 12.0. The number of nitrogens with zero attached hydrogens (tertiary/aromatic N) is 1. The smallest absolute Gasteiger partial charge is 0.258 e. The molecule has 6 nitrogen and oxygen atoms in total. The van der Waals surface area contributed by atoms with Gasteiger partial charge < -0.3 is 10.1 Å². The number of hydrogen-bond donors (Lipinski definition) is 3. The summed E-state index contributed by atoms with van der Waals surface area (Å²) < 4.78 is 4.83. The van der Waals surface area contributed by atoms with E-state index in [1.807, 2.05) is 0 Å². The Bertz CT molecular complexity index is 692. The molecule has 0 bridgehead atoms. The maximum Gasteiger partial charge on any atom is 0.258 e. The number of benzene rings is 1. The molecule has 3 N–H and O–H groups in total. The number of carbonyl (C=O) groups excluding carboxylic acids is 1. The highest BCUT2D eigenvalue weighted by Crippen LogP contribution is 2.27. The molecule has 0 radical (unpaired) electrons. The summed E-state index contributed by atoms with van der Waals surface area (Å²) in [6.07, 6.45) is 2.11. The molecule has 1 amide bonds. The molecule has 21 heavy (non-hydrogen) atoms. The molecule has 0 spiro atoms. The largest absolute Gasteiger partial charge is 0.445 e. The highest BCUT2D eigenvalue weighted by Gasteiger charge is 2.18. The van der Waals surface area contributed by atoms with E-state index in [1.54, 1.807) is 18.2 Å². The van der Waals surface area contributed by atoms with E-state index < -0.39 is 5.91 Å². The van der Waals surface area contributed by atoms with Gasteiger partial charge in [0.15, 0.2) is 6.40 Å². The Morgan fingerprint density at radius 2 is 2.10 bits per heavy atom. The standard InChI is InChI=1S/C13H10Cl2N4O2/c1-7(21-6-16)12-10(5-17-19-12)18-13(20)11-8(14)3-2-4-9(11)15/h2-6,16H,1H2,(H,17,19)(H,18,20). The van der Waals surface area contributed by atoms with Gasteiger partial charge in [0, 0.05) is 0 Å². The molecule has 1 aromatic carbocycles. The highest BCUT2D eigenvalue weighted by molar-refractivity contribution is 6.40. The maximum absolute atomic E-state index is 12.2. The summed E-state index contributed by atoms with van der Waals surface area (Å²) in [5.74, 6) is -0.348. The van der Waals surface area contributed by atoms with Gasteiger partial charge in [-0.2, -0.15) is 5.10 Å². The number of rotatable bonds is 5. The summed E-state index contributed by atoms with van der Waals surface area (Å²) in [5, 5.41) is 16.4. The summed E-state index contributed by atoms with van der Waals surface area (Å²) in [6, 6.07) is 4.77. The predicted molar refractivity (Wildman–Crippen MR) is 81.9 cm³/mol. The Morgan fingerprint density at radius 3 is 2.71 bits per heavy atom. The summed E-state index contributed by atoms with van der Waals surface area (Å²) in [6.45, 7) is 3.61. The molecule has 8 heteroatoms. The van der Waals surface area contributed by atoms with Crippen LogP contribution in [0.25, 0.3) is 5.76 Å². The maximum atomic E-state index is 12.2. The van der Waals surface area contributed by atoms with Crippen molar-refractivity contribution >= 4 is 47.0 Å². The van der Waals surface area contributed by atoms with Crippen LogP contribution in [0.1, 0.15) is 16.1 Å². The third-order valence-corrected chi connectivity index (χ3v) is 3.19. The fourth-order valence-corrected chi connectivity index (χ4v) is 2.19. The van der Waals surface area contributed by atoms with E-state index in [0.717, 1.165) is 6.40 Å². The van der Waals surface area contributed by atoms with Crippen molar-refractivity contribution in [3.05, 3.63) is 52.3 Å². The molecule has 0 saturated carbocycles. The van der Waals surface area contributed by atoms with E-state index in [9.17, 15) is 4.79 Å². The van der Waals surface area contributed by atoms with Gasteiger partial charge in [0.05, 0.1) is 27.5 Å². The number of aromatic nitrogens is 2. The van der Waals surface area contributed by atoms with Crippen molar-refractivity contribution in [3.8, 4) is 0 Å². The Balaban J connectivity index is 2.27. The average Bonchev–Trinajstić information content (AvgIpc) is 2.87. The zero-order valence-corrected chi connectivity index (χ0v) is 12.1. The van der Waals surface area contributed by atoms with Crippen LogP contribution in [0.5, 0.6) is 0 Å². The number of carbonyl (C=O) groups is 1. The third kappa shape index (κ3) is 3.24. The Hall–Kier alpha value is -2.31. The Kier molecular flexibility index (Phi) is 4.62. The first-order valence-corrected chi connectivity index (χ1v) is 6.43. The van der Waals surface area contributed by atoms with Gasteiger partial charge in [0.2, 0.25) is 0 Å². The minimum Gasteiger partial charge on any atom is -0.445 e. The molecule has 1 aromatic heterocycles.